The molecular weight excluding hydrogens is 231 g/mol. The molecule has 0 fully saturated rings. The molecular formula is H24KO12. The Morgan fingerprint density at radius 1 is 0.154 bits per heavy atom. The fraction of sp³-hybridized carbons (Fsp3) is 0. The molecule has 13 heteroatoms. The van der Waals surface area contributed by atoms with E-state index in [1.807, 2.05) is 0 Å². The monoisotopic (exact) mass is 255 g/mol. The summed E-state index contributed by atoms with van der Waals surface area (Å²) in [5.41, 5.74) is 0. The maximum atomic E-state index is 0. The zero-order valence-electron chi connectivity index (χ0n) is 7.00. The third kappa shape index (κ3) is 1220. The molecule has 0 bridgehead atoms. The van der Waals surface area contributed by atoms with Crippen LogP contribution in [-0.2, 0) is 0 Å². The van der Waals surface area contributed by atoms with Gasteiger partial charge in [0.05, 0.1) is 0 Å². The summed E-state index contributed by atoms with van der Waals surface area (Å²) in [5.74, 6) is 0. The van der Waals surface area contributed by atoms with Crippen molar-refractivity contribution in [3.63, 3.8) is 0 Å². The van der Waals surface area contributed by atoms with Gasteiger partial charge < -0.3 is 65.7 Å². The van der Waals surface area contributed by atoms with E-state index in [1.54, 1.807) is 0 Å². The third-order valence-corrected chi connectivity index (χ3v) is 0. The zero-order chi connectivity index (χ0) is 0. The van der Waals surface area contributed by atoms with E-state index in [9.17, 15) is 0 Å². The van der Waals surface area contributed by atoms with Crippen LogP contribution in [0, 0.1) is 0 Å². The summed E-state index contributed by atoms with van der Waals surface area (Å²) in [4.78, 5) is 0. The zero-order valence-corrected chi connectivity index (χ0v) is 10.1. The average Bonchev–Trinajstić information content (AvgIpc) is 0. The van der Waals surface area contributed by atoms with Gasteiger partial charge in [-0.3, -0.25) is 0 Å². The van der Waals surface area contributed by atoms with Crippen LogP contribution in [0.2, 0.25) is 0 Å². The number of rotatable bonds is 0. The Kier molecular flexibility index (Phi) is 205000. The Morgan fingerprint density at radius 2 is 0.154 bits per heavy atom. The molecule has 0 unspecified atom stereocenters. The molecule has 0 aromatic heterocycles. The predicted octanol–water partition coefficient (Wildman–Crippen LogP) is -10.3. The van der Waals surface area contributed by atoms with Crippen LogP contribution in [0.25, 0.3) is 0 Å². The van der Waals surface area contributed by atoms with Gasteiger partial charge in [0.2, 0.25) is 0 Å². The van der Waals surface area contributed by atoms with Gasteiger partial charge in [0.1, 0.15) is 0 Å². The van der Waals surface area contributed by atoms with Gasteiger partial charge >= 0.3 is 0 Å². The molecule has 0 saturated carbocycles. The van der Waals surface area contributed by atoms with Crippen molar-refractivity contribution in [2.75, 3.05) is 0 Å². The SMILES string of the molecule is O.O.O.O.O.O.O.O.O.O.O.O.[K]. The molecule has 0 rings (SSSR count). The van der Waals surface area contributed by atoms with Crippen LogP contribution in [0.5, 0.6) is 0 Å². The molecule has 1 radical (unpaired) electrons. The molecule has 0 amide bonds. The fourth-order valence-electron chi connectivity index (χ4n) is 0. The first-order valence-corrected chi connectivity index (χ1v) is 0. The van der Waals surface area contributed by atoms with Crippen molar-refractivity contribution in [2.45, 2.75) is 0 Å². The van der Waals surface area contributed by atoms with E-state index >= 15 is 0 Å². The molecule has 0 aromatic rings. The Balaban J connectivity index is 0. The maximum absolute atomic E-state index is 0. The van der Waals surface area contributed by atoms with Crippen LogP contribution in [0.1, 0.15) is 0 Å². The minimum Gasteiger partial charge on any atom is -0.412 e. The van der Waals surface area contributed by atoms with Crippen molar-refractivity contribution >= 4 is 51.4 Å². The summed E-state index contributed by atoms with van der Waals surface area (Å²) in [6.45, 7) is 0. The molecule has 0 aliphatic carbocycles. The molecule has 0 spiro atoms. The van der Waals surface area contributed by atoms with Crippen molar-refractivity contribution in [1.29, 1.82) is 0 Å². The Labute approximate surface area is 116 Å². The van der Waals surface area contributed by atoms with Crippen molar-refractivity contribution in [1.82, 2.24) is 0 Å². The summed E-state index contributed by atoms with van der Waals surface area (Å²) >= 11 is 0. The Morgan fingerprint density at radius 3 is 0.154 bits per heavy atom. The molecule has 0 saturated heterocycles. The largest absolute Gasteiger partial charge is 0.412 e. The van der Waals surface area contributed by atoms with E-state index in [4.69, 9.17) is 0 Å². The topological polar surface area (TPSA) is 378 Å². The van der Waals surface area contributed by atoms with Crippen LogP contribution in [0.15, 0.2) is 0 Å². The van der Waals surface area contributed by atoms with Crippen LogP contribution in [0.3, 0.4) is 0 Å². The van der Waals surface area contributed by atoms with E-state index in [0.717, 1.165) is 0 Å². The Hall–Kier alpha value is 1.16. The summed E-state index contributed by atoms with van der Waals surface area (Å²) in [5, 5.41) is 0. The predicted molar refractivity (Wildman–Crippen MR) is 49.1 cm³/mol. The molecule has 0 aliphatic rings. The standard InChI is InChI=1S/K.12H2O/h;12*1H2. The van der Waals surface area contributed by atoms with Crippen LogP contribution in [0.4, 0.5) is 0 Å². The van der Waals surface area contributed by atoms with Crippen LogP contribution in [-0.4, -0.2) is 117 Å². The molecule has 13 heavy (non-hydrogen) atoms. The second-order valence-electron chi connectivity index (χ2n) is 0. The Bertz CT molecular complexity index is 5.09. The second kappa shape index (κ2) is 1450. The summed E-state index contributed by atoms with van der Waals surface area (Å²) < 4.78 is 0. The first kappa shape index (κ1) is 1830. The molecule has 0 aliphatic heterocycles. The molecule has 12 nitrogen and oxygen atoms in total. The van der Waals surface area contributed by atoms with E-state index in [2.05, 4.69) is 0 Å². The van der Waals surface area contributed by atoms with Gasteiger partial charge in [-0.05, 0) is 0 Å². The van der Waals surface area contributed by atoms with Gasteiger partial charge in [0.25, 0.3) is 0 Å². The average molecular weight is 255 g/mol. The van der Waals surface area contributed by atoms with Crippen molar-refractivity contribution in [3.8, 4) is 0 Å². The van der Waals surface area contributed by atoms with Gasteiger partial charge in [0.15, 0.2) is 0 Å². The van der Waals surface area contributed by atoms with Crippen LogP contribution >= 0.6 is 0 Å². The summed E-state index contributed by atoms with van der Waals surface area (Å²) in [7, 11) is 0. The minimum atomic E-state index is 0. The summed E-state index contributed by atoms with van der Waals surface area (Å²) in [6.07, 6.45) is 0. The van der Waals surface area contributed by atoms with Gasteiger partial charge in [0, 0.05) is 51.4 Å². The molecule has 0 heterocycles. The second-order valence-corrected chi connectivity index (χ2v) is 0. The number of hydrogen-bond donors (Lipinski definition) is 0. The first-order valence-electron chi connectivity index (χ1n) is 0. The first-order chi connectivity index (χ1) is 0. The van der Waals surface area contributed by atoms with Gasteiger partial charge in [-0.15, -0.1) is 0 Å². The van der Waals surface area contributed by atoms with E-state index < -0.39 is 0 Å². The van der Waals surface area contributed by atoms with Gasteiger partial charge in [-0.25, -0.2) is 0 Å². The quantitative estimate of drug-likeness (QED) is 0.363. The smallest absolute Gasteiger partial charge is 0 e. The molecule has 0 aromatic carbocycles. The summed E-state index contributed by atoms with van der Waals surface area (Å²) in [6, 6.07) is 0. The van der Waals surface area contributed by atoms with Crippen molar-refractivity contribution in [3.05, 3.63) is 0 Å². The van der Waals surface area contributed by atoms with Crippen LogP contribution < -0.4 is 0 Å². The van der Waals surface area contributed by atoms with Crippen molar-refractivity contribution in [2.24, 2.45) is 0 Å². The maximum Gasteiger partial charge on any atom is 0 e. The van der Waals surface area contributed by atoms with E-state index in [0.29, 0.717) is 0 Å². The molecule has 0 atom stereocenters. The minimum absolute atomic E-state index is 0. The third-order valence-electron chi connectivity index (χ3n) is 0. The van der Waals surface area contributed by atoms with E-state index in [1.165, 1.54) is 0 Å². The normalized spacial score (nSPS) is 0. The van der Waals surface area contributed by atoms with Crippen molar-refractivity contribution < 1.29 is 65.7 Å². The van der Waals surface area contributed by atoms with Gasteiger partial charge in [-0.2, -0.15) is 0 Å². The van der Waals surface area contributed by atoms with Gasteiger partial charge in [-0.1, -0.05) is 0 Å². The number of hydrogen-bond acceptors (Lipinski definition) is 0. The van der Waals surface area contributed by atoms with E-state index in [-0.39, 0.29) is 117 Å². The molecule has 97 valence electrons. The molecule has 24 N–H and O–H groups in total. The fourth-order valence-corrected chi connectivity index (χ4v) is 0.